The maximum atomic E-state index is 13.9. The van der Waals surface area contributed by atoms with E-state index in [1.807, 2.05) is 6.20 Å². The van der Waals surface area contributed by atoms with Gasteiger partial charge < -0.3 is 0 Å². The monoisotopic (exact) mass is 585 g/mol. The first kappa shape index (κ1) is 26.7. The van der Waals surface area contributed by atoms with Gasteiger partial charge in [-0.2, -0.15) is 0 Å². The second-order valence-corrected chi connectivity index (χ2v) is 22.3. The number of aromatic nitrogens is 1. The van der Waals surface area contributed by atoms with E-state index in [1.54, 1.807) is 18.2 Å². The topological polar surface area (TPSA) is 12.9 Å². The van der Waals surface area contributed by atoms with Crippen LogP contribution in [0.15, 0.2) is 60.8 Å². The molecule has 2 aliphatic rings. The Hall–Kier alpha value is -2.53. The van der Waals surface area contributed by atoms with E-state index in [0.717, 1.165) is 11.3 Å². The van der Waals surface area contributed by atoms with Gasteiger partial charge in [-0.05, 0) is 0 Å². The van der Waals surface area contributed by atoms with Crippen molar-refractivity contribution in [3.05, 3.63) is 77.5 Å². The zero-order valence-electron chi connectivity index (χ0n) is 24.1. The molecule has 3 aromatic carbocycles. The van der Waals surface area contributed by atoms with Crippen molar-refractivity contribution in [2.24, 2.45) is 5.41 Å². The average molecular weight is 584 g/mol. The Morgan fingerprint density at radius 3 is 2.26 bits per heavy atom. The fourth-order valence-corrected chi connectivity index (χ4v) is 20.5. The maximum absolute atomic E-state index is 13.9. The number of benzene rings is 3. The van der Waals surface area contributed by atoms with E-state index in [0.29, 0.717) is 6.42 Å². The standard InChI is InChI=1S/C35H39F2GeN/c1-22-24(21-35(5,6)33(36)37)13-14-27-28-15-18-39-32(31(28)38(30(22)27)16-9-10-17-38)25-19-23-11-7-8-12-26(23)29(20-25)34(2,3)4/h7-8,11-15,18-20,33H,9-10,16-17,21H2,1-6H3. The van der Waals surface area contributed by atoms with Gasteiger partial charge in [0.05, 0.1) is 0 Å². The second kappa shape index (κ2) is 9.26. The molecule has 1 saturated heterocycles. The van der Waals surface area contributed by atoms with Gasteiger partial charge in [0.2, 0.25) is 0 Å². The molecule has 0 aliphatic carbocycles. The van der Waals surface area contributed by atoms with Crippen molar-refractivity contribution in [3.8, 4) is 22.4 Å². The Morgan fingerprint density at radius 2 is 1.56 bits per heavy atom. The molecule has 2 aliphatic heterocycles. The van der Waals surface area contributed by atoms with Crippen molar-refractivity contribution in [1.29, 1.82) is 0 Å². The quantitative estimate of drug-likeness (QED) is 0.219. The van der Waals surface area contributed by atoms with Crippen LogP contribution in [0.2, 0.25) is 10.5 Å². The minimum absolute atomic E-state index is 0.00595. The zero-order chi connectivity index (χ0) is 27.7. The van der Waals surface area contributed by atoms with Gasteiger partial charge in [-0.3, -0.25) is 0 Å². The molecule has 202 valence electrons. The molecule has 39 heavy (non-hydrogen) atoms. The normalized spacial score (nSPS) is 16.3. The van der Waals surface area contributed by atoms with Crippen molar-refractivity contribution in [2.45, 2.75) is 83.2 Å². The molecule has 0 bridgehead atoms. The van der Waals surface area contributed by atoms with Crippen molar-refractivity contribution in [3.63, 3.8) is 0 Å². The Labute approximate surface area is 234 Å². The van der Waals surface area contributed by atoms with Gasteiger partial charge in [0.15, 0.2) is 0 Å². The van der Waals surface area contributed by atoms with Crippen LogP contribution in [-0.4, -0.2) is 24.7 Å². The summed E-state index contributed by atoms with van der Waals surface area (Å²) in [5.41, 5.74) is 7.78. The number of fused-ring (bicyclic) bond motifs is 6. The van der Waals surface area contributed by atoms with E-state index in [-0.39, 0.29) is 5.41 Å². The van der Waals surface area contributed by atoms with Gasteiger partial charge in [0.1, 0.15) is 0 Å². The first-order chi connectivity index (χ1) is 18.4. The Balaban J connectivity index is 1.59. The van der Waals surface area contributed by atoms with Gasteiger partial charge in [-0.1, -0.05) is 0 Å². The molecule has 0 saturated carbocycles. The van der Waals surface area contributed by atoms with Crippen LogP contribution < -0.4 is 8.79 Å². The van der Waals surface area contributed by atoms with Crippen molar-refractivity contribution in [1.82, 2.24) is 4.98 Å². The first-order valence-electron chi connectivity index (χ1n) is 14.4. The van der Waals surface area contributed by atoms with Crippen LogP contribution in [0.4, 0.5) is 8.78 Å². The molecule has 4 heteroatoms. The molecule has 1 fully saturated rings. The molecule has 0 atom stereocenters. The predicted molar refractivity (Wildman–Crippen MR) is 163 cm³/mol. The van der Waals surface area contributed by atoms with Gasteiger partial charge in [0.25, 0.3) is 0 Å². The first-order valence-corrected chi connectivity index (χ1v) is 19.5. The molecule has 1 nitrogen and oxygen atoms in total. The van der Waals surface area contributed by atoms with E-state index in [4.69, 9.17) is 4.98 Å². The van der Waals surface area contributed by atoms with Crippen molar-refractivity contribution < 1.29 is 8.78 Å². The molecule has 6 rings (SSSR count). The Kier molecular flexibility index (Phi) is 6.34. The van der Waals surface area contributed by atoms with Crippen LogP contribution in [0, 0.1) is 12.3 Å². The molecule has 1 spiro atoms. The third kappa shape index (κ3) is 4.18. The van der Waals surface area contributed by atoms with E-state index in [9.17, 15) is 8.78 Å². The molecule has 0 amide bonds. The van der Waals surface area contributed by atoms with E-state index in [2.05, 4.69) is 82.3 Å². The summed E-state index contributed by atoms with van der Waals surface area (Å²) in [5.74, 6) is 0. The van der Waals surface area contributed by atoms with Gasteiger partial charge >= 0.3 is 235 Å². The van der Waals surface area contributed by atoms with Crippen LogP contribution in [0.5, 0.6) is 0 Å². The van der Waals surface area contributed by atoms with Crippen molar-refractivity contribution in [2.75, 3.05) is 0 Å². The Bertz CT molecular complexity index is 1590. The molecule has 1 aromatic heterocycles. The molecular weight excluding hydrogens is 545 g/mol. The van der Waals surface area contributed by atoms with E-state index >= 15 is 0 Å². The SMILES string of the molecule is Cc1c(CC(C)(C)C(F)F)ccc2[c]1[Ge]1([CH2]CC[CH2]1)[c]1c-2ccnc1-c1cc(C(C)(C)C)c2ccccc2c1. The van der Waals surface area contributed by atoms with Crippen LogP contribution in [0.25, 0.3) is 33.2 Å². The fraction of sp³-hybridized carbons (Fsp3) is 0.400. The third-order valence-corrected chi connectivity index (χ3v) is 20.9. The third-order valence-electron chi connectivity index (χ3n) is 9.41. The molecule has 4 aromatic rings. The van der Waals surface area contributed by atoms with Gasteiger partial charge in [0, 0.05) is 0 Å². The number of halogens is 2. The van der Waals surface area contributed by atoms with E-state index < -0.39 is 25.1 Å². The molecule has 0 radical (unpaired) electrons. The summed E-state index contributed by atoms with van der Waals surface area (Å²) in [6, 6.07) is 20.1. The predicted octanol–water partition coefficient (Wildman–Crippen LogP) is 8.68. The summed E-state index contributed by atoms with van der Waals surface area (Å²) >= 11 is -2.79. The van der Waals surface area contributed by atoms with Crippen molar-refractivity contribution >= 4 is 32.8 Å². The molecule has 0 N–H and O–H groups in total. The number of hydrogen-bond acceptors (Lipinski definition) is 1. The molecule has 3 heterocycles. The van der Waals surface area contributed by atoms with Crippen LogP contribution in [-0.2, 0) is 11.8 Å². The number of rotatable bonds is 4. The Morgan fingerprint density at radius 1 is 0.872 bits per heavy atom. The number of alkyl halides is 2. The van der Waals surface area contributed by atoms with Crippen LogP contribution in [0.3, 0.4) is 0 Å². The summed E-state index contributed by atoms with van der Waals surface area (Å²) in [4.78, 5) is 5.13. The van der Waals surface area contributed by atoms with E-state index in [1.165, 1.54) is 66.3 Å². The minimum atomic E-state index is -2.79. The fourth-order valence-electron chi connectivity index (χ4n) is 7.42. The number of nitrogens with zero attached hydrogens (tertiary/aromatic N) is 1. The summed E-state index contributed by atoms with van der Waals surface area (Å²) < 4.78 is 30.9. The molecule has 0 unspecified atom stereocenters. The van der Waals surface area contributed by atoms with Crippen LogP contribution in [0.1, 0.15) is 64.2 Å². The van der Waals surface area contributed by atoms with Crippen LogP contribution >= 0.6 is 0 Å². The molecular formula is C35H39F2GeN. The van der Waals surface area contributed by atoms with Gasteiger partial charge in [-0.25, -0.2) is 0 Å². The summed E-state index contributed by atoms with van der Waals surface area (Å²) in [6.45, 7) is 12.5. The average Bonchev–Trinajstić information content (AvgIpc) is 3.48. The zero-order valence-corrected chi connectivity index (χ0v) is 26.2. The summed E-state index contributed by atoms with van der Waals surface area (Å²) in [5, 5.41) is 5.10. The number of hydrogen-bond donors (Lipinski definition) is 0. The second-order valence-electron chi connectivity index (χ2n) is 13.6. The summed E-state index contributed by atoms with van der Waals surface area (Å²) in [6.07, 6.45) is 2.56. The van der Waals surface area contributed by atoms with Gasteiger partial charge in [-0.15, -0.1) is 0 Å². The number of pyridine rings is 1. The summed E-state index contributed by atoms with van der Waals surface area (Å²) in [7, 11) is 0.